The van der Waals surface area contributed by atoms with Gasteiger partial charge >= 0.3 is 0 Å². The summed E-state index contributed by atoms with van der Waals surface area (Å²) in [5.41, 5.74) is 1.81. The summed E-state index contributed by atoms with van der Waals surface area (Å²) < 4.78 is 32.0. The van der Waals surface area contributed by atoms with Crippen molar-refractivity contribution in [3.8, 4) is 0 Å². The van der Waals surface area contributed by atoms with E-state index in [1.54, 1.807) is 24.3 Å². The molecule has 2 aromatic rings. The average molecular weight is 410 g/mol. The van der Waals surface area contributed by atoms with Crippen molar-refractivity contribution in [2.75, 3.05) is 26.3 Å². The number of sulfonamides is 1. The van der Waals surface area contributed by atoms with Crippen LogP contribution in [0.3, 0.4) is 0 Å². The van der Waals surface area contributed by atoms with Crippen LogP contribution in [0.5, 0.6) is 0 Å². The zero-order chi connectivity index (χ0) is 19.3. The monoisotopic (exact) mass is 409 g/mol. The summed E-state index contributed by atoms with van der Waals surface area (Å²) in [6, 6.07) is 10.3. The molecule has 1 saturated heterocycles. The standard InChI is InChI=1S/C18H20ClN3O4S/c19-17-6-5-15(12-20-17)18(23)21-11-14-3-1-2-4-16(14)13-27(24,25)22-7-9-26-10-8-22/h1-6,12H,7-11,13H2,(H,21,23). The summed E-state index contributed by atoms with van der Waals surface area (Å²) in [5, 5.41) is 3.10. The van der Waals surface area contributed by atoms with Gasteiger partial charge in [-0.15, -0.1) is 0 Å². The number of carbonyl (C=O) groups is 1. The fraction of sp³-hybridized carbons (Fsp3) is 0.333. The number of aromatic nitrogens is 1. The number of morpholine rings is 1. The number of pyridine rings is 1. The normalized spacial score (nSPS) is 15.4. The second kappa shape index (κ2) is 8.79. The van der Waals surface area contributed by atoms with Gasteiger partial charge in [0.15, 0.2) is 0 Å². The predicted molar refractivity (Wildman–Crippen MR) is 102 cm³/mol. The van der Waals surface area contributed by atoms with Gasteiger partial charge < -0.3 is 10.1 Å². The Bertz CT molecular complexity index is 897. The van der Waals surface area contributed by atoms with Crippen molar-refractivity contribution in [2.45, 2.75) is 12.3 Å². The van der Waals surface area contributed by atoms with Crippen LogP contribution in [0.4, 0.5) is 0 Å². The molecule has 3 rings (SSSR count). The number of carbonyl (C=O) groups excluding carboxylic acids is 1. The number of nitrogens with one attached hydrogen (secondary N) is 1. The molecule has 1 aromatic heterocycles. The lowest BCUT2D eigenvalue weighted by molar-refractivity contribution is 0.0729. The van der Waals surface area contributed by atoms with Crippen LogP contribution in [-0.2, 0) is 27.1 Å². The third-order valence-electron chi connectivity index (χ3n) is 4.25. The molecule has 2 heterocycles. The molecule has 1 amide bonds. The third-order valence-corrected chi connectivity index (χ3v) is 6.30. The number of ether oxygens (including phenoxy) is 1. The molecule has 0 saturated carbocycles. The van der Waals surface area contributed by atoms with Gasteiger partial charge in [-0.3, -0.25) is 4.79 Å². The minimum absolute atomic E-state index is 0.110. The lowest BCUT2D eigenvalue weighted by atomic mass is 10.1. The van der Waals surface area contributed by atoms with Crippen LogP contribution in [0.25, 0.3) is 0 Å². The van der Waals surface area contributed by atoms with Crippen LogP contribution < -0.4 is 5.32 Å². The highest BCUT2D eigenvalue weighted by Gasteiger charge is 2.25. The topological polar surface area (TPSA) is 88.6 Å². The molecule has 1 fully saturated rings. The van der Waals surface area contributed by atoms with E-state index in [2.05, 4.69) is 10.3 Å². The minimum Gasteiger partial charge on any atom is -0.379 e. The highest BCUT2D eigenvalue weighted by Crippen LogP contribution is 2.17. The first-order chi connectivity index (χ1) is 13.0. The molecule has 7 nitrogen and oxygen atoms in total. The molecule has 1 N–H and O–H groups in total. The fourth-order valence-corrected chi connectivity index (χ4v) is 4.45. The summed E-state index contributed by atoms with van der Waals surface area (Å²) in [5.74, 6) is -0.410. The molecule has 0 atom stereocenters. The van der Waals surface area contributed by atoms with Crippen LogP contribution in [-0.4, -0.2) is 49.9 Å². The fourth-order valence-electron chi connectivity index (χ4n) is 2.77. The Morgan fingerprint density at radius 1 is 1.15 bits per heavy atom. The van der Waals surface area contributed by atoms with E-state index in [-0.39, 0.29) is 18.2 Å². The molecular formula is C18H20ClN3O4S. The van der Waals surface area contributed by atoms with Crippen molar-refractivity contribution in [3.05, 3.63) is 64.4 Å². The van der Waals surface area contributed by atoms with Gasteiger partial charge in [-0.25, -0.2) is 13.4 Å². The Kier molecular flexibility index (Phi) is 6.43. The number of hydrogen-bond acceptors (Lipinski definition) is 5. The number of halogens is 1. The maximum Gasteiger partial charge on any atom is 0.253 e. The second-order valence-electron chi connectivity index (χ2n) is 6.09. The second-order valence-corrected chi connectivity index (χ2v) is 8.44. The number of hydrogen-bond donors (Lipinski definition) is 1. The van der Waals surface area contributed by atoms with E-state index in [0.717, 1.165) is 5.56 Å². The quantitative estimate of drug-likeness (QED) is 0.735. The molecule has 27 heavy (non-hydrogen) atoms. The molecule has 1 aliphatic heterocycles. The smallest absolute Gasteiger partial charge is 0.253 e. The van der Waals surface area contributed by atoms with Crippen LogP contribution in [0.15, 0.2) is 42.6 Å². The number of nitrogens with zero attached hydrogens (tertiary/aromatic N) is 2. The number of benzene rings is 1. The third kappa shape index (κ3) is 5.26. The number of amides is 1. The molecule has 144 valence electrons. The summed E-state index contributed by atoms with van der Waals surface area (Å²) in [6.07, 6.45) is 1.40. The molecule has 0 bridgehead atoms. The largest absolute Gasteiger partial charge is 0.379 e. The summed E-state index contributed by atoms with van der Waals surface area (Å²) in [4.78, 5) is 16.1. The Labute approximate surface area is 163 Å². The Morgan fingerprint density at radius 2 is 1.85 bits per heavy atom. The van der Waals surface area contributed by atoms with Crippen molar-refractivity contribution >= 4 is 27.5 Å². The van der Waals surface area contributed by atoms with E-state index in [0.29, 0.717) is 42.6 Å². The van der Waals surface area contributed by atoms with Crippen molar-refractivity contribution in [3.63, 3.8) is 0 Å². The summed E-state index contributed by atoms with van der Waals surface area (Å²) >= 11 is 5.72. The van der Waals surface area contributed by atoms with Crippen LogP contribution >= 0.6 is 11.6 Å². The Balaban J connectivity index is 1.68. The first-order valence-corrected chi connectivity index (χ1v) is 10.5. The van der Waals surface area contributed by atoms with Gasteiger partial charge in [0.05, 0.1) is 24.5 Å². The van der Waals surface area contributed by atoms with Crippen LogP contribution in [0.2, 0.25) is 5.15 Å². The van der Waals surface area contributed by atoms with Gasteiger partial charge in [0.25, 0.3) is 5.91 Å². The minimum atomic E-state index is -3.44. The van der Waals surface area contributed by atoms with Gasteiger partial charge in [0.2, 0.25) is 10.0 Å². The zero-order valence-corrected chi connectivity index (χ0v) is 16.2. The van der Waals surface area contributed by atoms with Crippen molar-refractivity contribution < 1.29 is 17.9 Å². The maximum absolute atomic E-state index is 12.7. The molecule has 1 aromatic carbocycles. The van der Waals surface area contributed by atoms with E-state index in [1.165, 1.54) is 10.5 Å². The molecule has 1 aliphatic rings. The van der Waals surface area contributed by atoms with E-state index in [9.17, 15) is 13.2 Å². The Hall–Kier alpha value is -2.00. The predicted octanol–water partition coefficient (Wildman–Crippen LogP) is 1.83. The molecule has 0 spiro atoms. The number of rotatable bonds is 6. The van der Waals surface area contributed by atoms with Gasteiger partial charge in [0.1, 0.15) is 5.15 Å². The highest BCUT2D eigenvalue weighted by molar-refractivity contribution is 7.88. The van der Waals surface area contributed by atoms with Gasteiger partial charge in [-0.2, -0.15) is 4.31 Å². The summed E-state index contributed by atoms with van der Waals surface area (Å²) in [6.45, 7) is 1.77. The first-order valence-electron chi connectivity index (χ1n) is 8.48. The SMILES string of the molecule is O=C(NCc1ccccc1CS(=O)(=O)N1CCOCC1)c1ccc(Cl)nc1. The first kappa shape index (κ1) is 19.8. The molecule has 0 radical (unpaired) electrons. The highest BCUT2D eigenvalue weighted by atomic mass is 35.5. The van der Waals surface area contributed by atoms with E-state index in [1.807, 2.05) is 12.1 Å². The summed E-state index contributed by atoms with van der Waals surface area (Å²) in [7, 11) is -3.44. The van der Waals surface area contributed by atoms with Gasteiger partial charge in [-0.05, 0) is 23.3 Å². The van der Waals surface area contributed by atoms with Crippen LogP contribution in [0.1, 0.15) is 21.5 Å². The van der Waals surface area contributed by atoms with E-state index >= 15 is 0 Å². The average Bonchev–Trinajstić information content (AvgIpc) is 2.68. The van der Waals surface area contributed by atoms with Crippen molar-refractivity contribution in [1.82, 2.24) is 14.6 Å². The lowest BCUT2D eigenvalue weighted by Gasteiger charge is -2.26. The molecule has 0 unspecified atom stereocenters. The maximum atomic E-state index is 12.7. The van der Waals surface area contributed by atoms with Crippen molar-refractivity contribution in [1.29, 1.82) is 0 Å². The van der Waals surface area contributed by atoms with Gasteiger partial charge in [-0.1, -0.05) is 35.9 Å². The molecular weight excluding hydrogens is 390 g/mol. The van der Waals surface area contributed by atoms with E-state index < -0.39 is 10.0 Å². The molecule has 0 aliphatic carbocycles. The van der Waals surface area contributed by atoms with Gasteiger partial charge in [0, 0.05) is 25.8 Å². The van der Waals surface area contributed by atoms with Crippen LogP contribution in [0, 0.1) is 0 Å². The lowest BCUT2D eigenvalue weighted by Crippen LogP contribution is -2.41. The van der Waals surface area contributed by atoms with E-state index in [4.69, 9.17) is 16.3 Å². The zero-order valence-electron chi connectivity index (χ0n) is 14.6. The van der Waals surface area contributed by atoms with Crippen molar-refractivity contribution in [2.24, 2.45) is 0 Å². The Morgan fingerprint density at radius 3 is 2.52 bits per heavy atom. The molecule has 9 heteroatoms.